The van der Waals surface area contributed by atoms with E-state index in [2.05, 4.69) is 4.98 Å². The van der Waals surface area contributed by atoms with Gasteiger partial charge < -0.3 is 0 Å². The van der Waals surface area contributed by atoms with E-state index in [9.17, 15) is 4.79 Å². The molecule has 3 rings (SSSR count). The number of hydrogen-bond acceptors (Lipinski definition) is 3. The SMILES string of the molecule is Cc1csc2nc(C3CC3)c(C=O)n12. The maximum atomic E-state index is 11.0. The minimum atomic E-state index is 0.543. The molecule has 0 aliphatic heterocycles. The predicted molar refractivity (Wildman–Crippen MR) is 55.2 cm³/mol. The number of aldehydes is 1. The Morgan fingerprint density at radius 1 is 1.64 bits per heavy atom. The fourth-order valence-electron chi connectivity index (χ4n) is 1.81. The quantitative estimate of drug-likeness (QED) is 0.707. The number of hydrogen-bond donors (Lipinski definition) is 0. The molecule has 0 spiro atoms. The van der Waals surface area contributed by atoms with Gasteiger partial charge in [0.2, 0.25) is 0 Å². The van der Waals surface area contributed by atoms with Crippen LogP contribution in [0, 0.1) is 6.92 Å². The summed E-state index contributed by atoms with van der Waals surface area (Å²) < 4.78 is 1.96. The van der Waals surface area contributed by atoms with Crippen LogP contribution in [-0.2, 0) is 0 Å². The van der Waals surface area contributed by atoms with Crippen molar-refractivity contribution >= 4 is 22.6 Å². The average molecular weight is 206 g/mol. The largest absolute Gasteiger partial charge is 0.296 e. The van der Waals surface area contributed by atoms with E-state index in [-0.39, 0.29) is 0 Å². The molecule has 1 saturated carbocycles. The van der Waals surface area contributed by atoms with Crippen LogP contribution in [-0.4, -0.2) is 15.7 Å². The number of thiazole rings is 1. The summed E-state index contributed by atoms with van der Waals surface area (Å²) in [5, 5.41) is 2.03. The van der Waals surface area contributed by atoms with Gasteiger partial charge in [-0.25, -0.2) is 4.98 Å². The van der Waals surface area contributed by atoms with Gasteiger partial charge in [0.15, 0.2) is 11.2 Å². The Morgan fingerprint density at radius 2 is 2.43 bits per heavy atom. The van der Waals surface area contributed by atoms with E-state index in [0.717, 1.165) is 28.3 Å². The van der Waals surface area contributed by atoms with Crippen molar-refractivity contribution in [3.05, 3.63) is 22.5 Å². The lowest BCUT2D eigenvalue weighted by molar-refractivity contribution is 0.111. The molecule has 2 aromatic rings. The van der Waals surface area contributed by atoms with Crippen molar-refractivity contribution in [1.82, 2.24) is 9.38 Å². The van der Waals surface area contributed by atoms with Crippen molar-refractivity contribution in [1.29, 1.82) is 0 Å². The standard InChI is InChI=1S/C10H10N2OS/c1-6-5-14-10-11-9(7-2-3-7)8(4-13)12(6)10/h4-5,7H,2-3H2,1H3. The van der Waals surface area contributed by atoms with Crippen molar-refractivity contribution < 1.29 is 4.79 Å². The number of rotatable bonds is 2. The van der Waals surface area contributed by atoms with Crippen LogP contribution in [0.3, 0.4) is 0 Å². The molecular formula is C10H10N2OS. The number of aryl methyl sites for hydroxylation is 1. The highest BCUT2D eigenvalue weighted by atomic mass is 32.1. The van der Waals surface area contributed by atoms with Crippen LogP contribution in [0.2, 0.25) is 0 Å². The van der Waals surface area contributed by atoms with Gasteiger partial charge >= 0.3 is 0 Å². The third-order valence-electron chi connectivity index (χ3n) is 2.67. The third kappa shape index (κ3) is 0.973. The first-order valence-electron chi connectivity index (χ1n) is 4.73. The zero-order valence-corrected chi connectivity index (χ0v) is 8.67. The molecule has 0 atom stereocenters. The van der Waals surface area contributed by atoms with Crippen LogP contribution in [0.4, 0.5) is 0 Å². The lowest BCUT2D eigenvalue weighted by Crippen LogP contribution is -1.94. The molecule has 72 valence electrons. The van der Waals surface area contributed by atoms with E-state index < -0.39 is 0 Å². The van der Waals surface area contributed by atoms with Crippen LogP contribution in [0.15, 0.2) is 5.38 Å². The Morgan fingerprint density at radius 3 is 3.07 bits per heavy atom. The summed E-state index contributed by atoms with van der Waals surface area (Å²) in [6.45, 7) is 2.01. The van der Waals surface area contributed by atoms with Gasteiger partial charge in [-0.1, -0.05) is 0 Å². The highest BCUT2D eigenvalue weighted by molar-refractivity contribution is 7.15. The highest BCUT2D eigenvalue weighted by Crippen LogP contribution is 2.41. The molecule has 0 bridgehead atoms. The topological polar surface area (TPSA) is 34.4 Å². The van der Waals surface area contributed by atoms with Crippen LogP contribution < -0.4 is 0 Å². The number of carbonyl (C=O) groups is 1. The van der Waals surface area contributed by atoms with Gasteiger partial charge in [0.1, 0.15) is 5.69 Å². The Bertz CT molecular complexity index is 507. The molecule has 1 aliphatic rings. The van der Waals surface area contributed by atoms with E-state index in [1.807, 2.05) is 16.7 Å². The summed E-state index contributed by atoms with van der Waals surface area (Å²) in [5.41, 5.74) is 2.88. The van der Waals surface area contributed by atoms with Crippen LogP contribution in [0.1, 0.15) is 40.6 Å². The lowest BCUT2D eigenvalue weighted by Gasteiger charge is -1.94. The first-order chi connectivity index (χ1) is 6.81. The second-order valence-electron chi connectivity index (χ2n) is 3.77. The van der Waals surface area contributed by atoms with Gasteiger partial charge in [-0.2, -0.15) is 0 Å². The van der Waals surface area contributed by atoms with E-state index in [4.69, 9.17) is 0 Å². The Labute approximate surface area is 85.4 Å². The molecule has 1 aliphatic carbocycles. The molecule has 0 unspecified atom stereocenters. The van der Waals surface area contributed by atoms with Crippen molar-refractivity contribution in [2.45, 2.75) is 25.7 Å². The van der Waals surface area contributed by atoms with E-state index in [0.29, 0.717) is 5.92 Å². The second kappa shape index (κ2) is 2.67. The Kier molecular flexibility index (Phi) is 1.56. The maximum absolute atomic E-state index is 11.0. The molecule has 2 heterocycles. The molecular weight excluding hydrogens is 196 g/mol. The number of nitrogens with zero attached hydrogens (tertiary/aromatic N) is 2. The smallest absolute Gasteiger partial charge is 0.194 e. The fraction of sp³-hybridized carbons (Fsp3) is 0.400. The lowest BCUT2D eigenvalue weighted by atomic mass is 10.2. The fourth-order valence-corrected chi connectivity index (χ4v) is 2.69. The van der Waals surface area contributed by atoms with Gasteiger partial charge in [-0.15, -0.1) is 11.3 Å². The molecule has 0 amide bonds. The van der Waals surface area contributed by atoms with Gasteiger partial charge in [-0.05, 0) is 19.8 Å². The van der Waals surface area contributed by atoms with Crippen molar-refractivity contribution in [2.75, 3.05) is 0 Å². The minimum Gasteiger partial charge on any atom is -0.296 e. The summed E-state index contributed by atoms with van der Waals surface area (Å²) in [6, 6.07) is 0. The van der Waals surface area contributed by atoms with Gasteiger partial charge in [0.05, 0.1) is 5.69 Å². The predicted octanol–water partition coefficient (Wildman–Crippen LogP) is 2.39. The molecule has 1 fully saturated rings. The van der Waals surface area contributed by atoms with Gasteiger partial charge in [0, 0.05) is 17.0 Å². The summed E-state index contributed by atoms with van der Waals surface area (Å²) in [5.74, 6) is 0.543. The number of carbonyl (C=O) groups excluding carboxylic acids is 1. The van der Waals surface area contributed by atoms with Crippen LogP contribution in [0.5, 0.6) is 0 Å². The van der Waals surface area contributed by atoms with Crippen LogP contribution in [0.25, 0.3) is 4.96 Å². The zero-order valence-electron chi connectivity index (χ0n) is 7.86. The zero-order chi connectivity index (χ0) is 9.71. The van der Waals surface area contributed by atoms with Gasteiger partial charge in [-0.3, -0.25) is 9.20 Å². The Balaban J connectivity index is 2.34. The molecule has 4 heteroatoms. The highest BCUT2D eigenvalue weighted by Gasteiger charge is 2.30. The average Bonchev–Trinajstić information content (AvgIpc) is 2.87. The molecule has 0 aromatic carbocycles. The summed E-state index contributed by atoms with van der Waals surface area (Å²) in [7, 11) is 0. The van der Waals surface area contributed by atoms with E-state index >= 15 is 0 Å². The molecule has 3 nitrogen and oxygen atoms in total. The molecule has 0 N–H and O–H groups in total. The van der Waals surface area contributed by atoms with Crippen molar-refractivity contribution in [3.8, 4) is 0 Å². The summed E-state index contributed by atoms with van der Waals surface area (Å²) in [6.07, 6.45) is 3.31. The maximum Gasteiger partial charge on any atom is 0.194 e. The monoisotopic (exact) mass is 206 g/mol. The molecule has 0 saturated heterocycles. The molecule has 14 heavy (non-hydrogen) atoms. The molecule has 0 radical (unpaired) electrons. The van der Waals surface area contributed by atoms with Gasteiger partial charge in [0.25, 0.3) is 0 Å². The second-order valence-corrected chi connectivity index (χ2v) is 4.61. The van der Waals surface area contributed by atoms with Crippen LogP contribution >= 0.6 is 11.3 Å². The first-order valence-corrected chi connectivity index (χ1v) is 5.61. The van der Waals surface area contributed by atoms with Crippen molar-refractivity contribution in [3.63, 3.8) is 0 Å². The van der Waals surface area contributed by atoms with E-state index in [1.165, 1.54) is 12.8 Å². The number of fused-ring (bicyclic) bond motifs is 1. The van der Waals surface area contributed by atoms with E-state index in [1.54, 1.807) is 11.3 Å². The minimum absolute atomic E-state index is 0.543. The first kappa shape index (κ1) is 8.17. The Hall–Kier alpha value is -1.16. The van der Waals surface area contributed by atoms with Crippen molar-refractivity contribution in [2.24, 2.45) is 0 Å². The summed E-state index contributed by atoms with van der Waals surface area (Å²) >= 11 is 1.60. The number of imidazole rings is 1. The summed E-state index contributed by atoms with van der Waals surface area (Å²) in [4.78, 5) is 16.5. The third-order valence-corrected chi connectivity index (χ3v) is 3.62. The molecule has 2 aromatic heterocycles. The normalized spacial score (nSPS) is 16.4. The number of aromatic nitrogens is 2.